The van der Waals surface area contributed by atoms with E-state index >= 15 is 0 Å². The molecule has 0 saturated carbocycles. The second-order valence-corrected chi connectivity index (χ2v) is 7.35. The van der Waals surface area contributed by atoms with Crippen molar-refractivity contribution in [3.8, 4) is 0 Å². The van der Waals surface area contributed by atoms with Gasteiger partial charge in [-0.3, -0.25) is 9.20 Å². The fourth-order valence-corrected chi connectivity index (χ4v) is 4.13. The fourth-order valence-electron chi connectivity index (χ4n) is 2.84. The Labute approximate surface area is 157 Å². The lowest BCUT2D eigenvalue weighted by molar-refractivity contribution is 0.102. The van der Waals surface area contributed by atoms with Crippen LogP contribution >= 0.6 is 35.0 Å². The first-order valence-electron chi connectivity index (χ1n) is 7.47. The van der Waals surface area contributed by atoms with Crippen LogP contribution in [0.1, 0.15) is 16.1 Å². The summed E-state index contributed by atoms with van der Waals surface area (Å²) >= 11 is 13.5. The summed E-state index contributed by atoms with van der Waals surface area (Å²) in [5, 5.41) is 10.6. The SMILES string of the molecule is Cc1[nH]c2ccccc2c1C(=O)CSc1nnc2c(Cl)cc(Cl)cn12. The highest BCUT2D eigenvalue weighted by molar-refractivity contribution is 7.99. The number of rotatable bonds is 4. The molecule has 5 nitrogen and oxygen atoms in total. The van der Waals surface area contributed by atoms with Crippen molar-refractivity contribution in [2.24, 2.45) is 0 Å². The van der Waals surface area contributed by atoms with E-state index in [2.05, 4.69) is 15.2 Å². The van der Waals surface area contributed by atoms with Crippen molar-refractivity contribution in [3.63, 3.8) is 0 Å². The molecule has 0 aliphatic heterocycles. The Balaban J connectivity index is 1.63. The Kier molecular flexibility index (Phi) is 4.19. The van der Waals surface area contributed by atoms with Gasteiger partial charge in [0.05, 0.1) is 15.8 Å². The molecule has 0 radical (unpaired) electrons. The highest BCUT2D eigenvalue weighted by Crippen LogP contribution is 2.27. The number of fused-ring (bicyclic) bond motifs is 2. The zero-order valence-corrected chi connectivity index (χ0v) is 15.4. The van der Waals surface area contributed by atoms with Crippen LogP contribution in [-0.4, -0.2) is 31.1 Å². The standard InChI is InChI=1S/C17H12Cl2N4OS/c1-9-15(11-4-2-3-5-13(11)20-9)14(24)8-25-17-22-21-16-12(19)6-10(18)7-23(16)17/h2-7,20H,8H2,1H3. The van der Waals surface area contributed by atoms with E-state index in [0.717, 1.165) is 16.6 Å². The Morgan fingerprint density at radius 1 is 1.28 bits per heavy atom. The Morgan fingerprint density at radius 2 is 2.08 bits per heavy atom. The molecule has 0 saturated heterocycles. The van der Waals surface area contributed by atoms with Crippen LogP contribution in [0.25, 0.3) is 16.6 Å². The van der Waals surface area contributed by atoms with Crippen LogP contribution in [0, 0.1) is 6.92 Å². The van der Waals surface area contributed by atoms with Gasteiger partial charge in [-0.05, 0) is 19.1 Å². The van der Waals surface area contributed by atoms with Crippen LogP contribution in [0.5, 0.6) is 0 Å². The molecule has 0 atom stereocenters. The molecule has 1 N–H and O–H groups in total. The van der Waals surface area contributed by atoms with Crippen molar-refractivity contribution >= 4 is 57.3 Å². The quantitative estimate of drug-likeness (QED) is 0.401. The summed E-state index contributed by atoms with van der Waals surface area (Å²) in [4.78, 5) is 16.0. The molecule has 0 spiro atoms. The maximum atomic E-state index is 12.8. The number of thioether (sulfide) groups is 1. The molecular formula is C17H12Cl2N4OS. The summed E-state index contributed by atoms with van der Waals surface area (Å²) in [6, 6.07) is 9.39. The molecule has 0 fully saturated rings. The first-order chi connectivity index (χ1) is 12.0. The van der Waals surface area contributed by atoms with E-state index in [4.69, 9.17) is 23.2 Å². The lowest BCUT2D eigenvalue weighted by Gasteiger charge is -2.02. The number of aromatic nitrogens is 4. The first kappa shape index (κ1) is 16.4. The minimum atomic E-state index is 0.0322. The molecule has 0 bridgehead atoms. The van der Waals surface area contributed by atoms with Crippen molar-refractivity contribution < 1.29 is 4.79 Å². The van der Waals surface area contributed by atoms with E-state index in [1.165, 1.54) is 11.8 Å². The van der Waals surface area contributed by atoms with Gasteiger partial charge in [-0.2, -0.15) is 0 Å². The van der Waals surface area contributed by atoms with E-state index in [1.807, 2.05) is 31.2 Å². The van der Waals surface area contributed by atoms with Gasteiger partial charge >= 0.3 is 0 Å². The number of nitrogens with zero attached hydrogens (tertiary/aromatic N) is 3. The molecule has 4 rings (SSSR count). The van der Waals surface area contributed by atoms with Crippen molar-refractivity contribution in [2.75, 3.05) is 5.75 Å². The third-order valence-corrected chi connectivity index (χ3v) is 5.33. The van der Waals surface area contributed by atoms with E-state index < -0.39 is 0 Å². The van der Waals surface area contributed by atoms with Crippen LogP contribution in [0.15, 0.2) is 41.7 Å². The van der Waals surface area contributed by atoms with E-state index in [-0.39, 0.29) is 11.5 Å². The van der Waals surface area contributed by atoms with Gasteiger partial charge in [0, 0.05) is 28.4 Å². The van der Waals surface area contributed by atoms with Gasteiger partial charge in [-0.15, -0.1) is 10.2 Å². The summed E-state index contributed by atoms with van der Waals surface area (Å²) in [5.41, 5.74) is 3.06. The van der Waals surface area contributed by atoms with Gasteiger partial charge < -0.3 is 4.98 Å². The lowest BCUT2D eigenvalue weighted by Crippen LogP contribution is -2.04. The molecule has 8 heteroatoms. The number of ketones is 1. The van der Waals surface area contributed by atoms with E-state index in [1.54, 1.807) is 16.7 Å². The highest BCUT2D eigenvalue weighted by atomic mass is 35.5. The van der Waals surface area contributed by atoms with Gasteiger partial charge in [-0.25, -0.2) is 0 Å². The van der Waals surface area contributed by atoms with E-state index in [9.17, 15) is 4.79 Å². The Bertz CT molecular complexity index is 1120. The van der Waals surface area contributed by atoms with Crippen LogP contribution in [0.3, 0.4) is 0 Å². The number of carbonyl (C=O) groups is 1. The predicted molar refractivity (Wildman–Crippen MR) is 101 cm³/mol. The van der Waals surface area contributed by atoms with Crippen LogP contribution in [-0.2, 0) is 0 Å². The number of pyridine rings is 1. The predicted octanol–water partition coefficient (Wildman–Crippen LogP) is 4.80. The van der Waals surface area contributed by atoms with Crippen molar-refractivity contribution in [2.45, 2.75) is 12.1 Å². The zero-order valence-electron chi connectivity index (χ0n) is 13.1. The smallest absolute Gasteiger partial charge is 0.196 e. The van der Waals surface area contributed by atoms with Crippen LogP contribution < -0.4 is 0 Å². The number of hydrogen-bond acceptors (Lipinski definition) is 4. The topological polar surface area (TPSA) is 63.0 Å². The number of halogens is 2. The average Bonchev–Trinajstić information content (AvgIpc) is 3.12. The highest BCUT2D eigenvalue weighted by Gasteiger charge is 2.18. The number of carbonyl (C=O) groups excluding carboxylic acids is 1. The third kappa shape index (κ3) is 2.90. The lowest BCUT2D eigenvalue weighted by atomic mass is 10.1. The largest absolute Gasteiger partial charge is 0.358 e. The van der Waals surface area contributed by atoms with Crippen molar-refractivity contribution in [1.29, 1.82) is 0 Å². The molecule has 3 aromatic heterocycles. The molecule has 0 aliphatic rings. The minimum Gasteiger partial charge on any atom is -0.358 e. The summed E-state index contributed by atoms with van der Waals surface area (Å²) < 4.78 is 1.70. The molecule has 3 heterocycles. The number of benzene rings is 1. The normalized spacial score (nSPS) is 11.5. The molecule has 25 heavy (non-hydrogen) atoms. The number of aromatic amines is 1. The fraction of sp³-hybridized carbons (Fsp3) is 0.118. The molecule has 4 aromatic rings. The molecule has 0 aliphatic carbocycles. The molecule has 0 amide bonds. The van der Waals surface area contributed by atoms with Gasteiger partial charge in [0.15, 0.2) is 16.6 Å². The van der Waals surface area contributed by atoms with Gasteiger partial charge in [0.2, 0.25) is 0 Å². The average molecular weight is 391 g/mol. The second-order valence-electron chi connectivity index (χ2n) is 5.56. The third-order valence-electron chi connectivity index (χ3n) is 3.90. The summed E-state index contributed by atoms with van der Waals surface area (Å²) in [7, 11) is 0. The number of para-hydroxylation sites is 1. The Morgan fingerprint density at radius 3 is 2.92 bits per heavy atom. The van der Waals surface area contributed by atoms with Gasteiger partial charge in [0.1, 0.15) is 0 Å². The monoisotopic (exact) mass is 390 g/mol. The number of H-pyrrole nitrogens is 1. The van der Waals surface area contributed by atoms with Gasteiger partial charge in [-0.1, -0.05) is 53.2 Å². The molecule has 1 aromatic carbocycles. The van der Waals surface area contributed by atoms with Crippen LogP contribution in [0.4, 0.5) is 0 Å². The maximum Gasteiger partial charge on any atom is 0.196 e. The second kappa shape index (κ2) is 6.37. The number of aryl methyl sites for hydroxylation is 1. The molecule has 0 unspecified atom stereocenters. The van der Waals surface area contributed by atoms with Gasteiger partial charge in [0.25, 0.3) is 0 Å². The summed E-state index contributed by atoms with van der Waals surface area (Å²) in [6.45, 7) is 1.91. The van der Waals surface area contributed by atoms with Crippen molar-refractivity contribution in [1.82, 2.24) is 19.6 Å². The maximum absolute atomic E-state index is 12.8. The van der Waals surface area contributed by atoms with E-state index in [0.29, 0.717) is 26.4 Å². The number of hydrogen-bond donors (Lipinski definition) is 1. The summed E-state index contributed by atoms with van der Waals surface area (Å²) in [5.74, 6) is 0.276. The Hall–Kier alpha value is -2.02. The first-order valence-corrected chi connectivity index (χ1v) is 9.22. The number of nitrogens with one attached hydrogen (secondary N) is 1. The summed E-state index contributed by atoms with van der Waals surface area (Å²) in [6.07, 6.45) is 1.69. The zero-order chi connectivity index (χ0) is 17.6. The molecular weight excluding hydrogens is 379 g/mol. The number of Topliss-reactive ketones (excluding diaryl/α,β-unsaturated/α-hetero) is 1. The van der Waals surface area contributed by atoms with Crippen LogP contribution in [0.2, 0.25) is 10.0 Å². The minimum absolute atomic E-state index is 0.0322. The van der Waals surface area contributed by atoms with Crippen molar-refractivity contribution in [3.05, 3.63) is 57.8 Å². The molecule has 126 valence electrons.